The predicted octanol–water partition coefficient (Wildman–Crippen LogP) is -1.16. The third-order valence-electron chi connectivity index (χ3n) is 4.46. The maximum Gasteiger partial charge on any atom is 0.335 e. The lowest BCUT2D eigenvalue weighted by molar-refractivity contribution is -0.230. The van der Waals surface area contributed by atoms with Crippen LogP contribution >= 0.6 is 0 Å². The molecule has 0 radical (unpaired) electrons. The number of aromatic carboxylic acids is 1. The summed E-state index contributed by atoms with van der Waals surface area (Å²) in [5.74, 6) is -1.85. The van der Waals surface area contributed by atoms with Gasteiger partial charge in [-0.2, -0.15) is 0 Å². The Morgan fingerprint density at radius 3 is 2.07 bits per heavy atom. The van der Waals surface area contributed by atoms with Gasteiger partial charge in [0.1, 0.15) is 24.4 Å². The molecule has 1 aliphatic rings. The summed E-state index contributed by atoms with van der Waals surface area (Å²) in [6.07, 6.45) is -5.80. The average molecular weight is 385 g/mol. The maximum absolute atomic E-state index is 12.1. The molecule has 10 heteroatoms. The molecule has 10 nitrogen and oxygen atoms in total. The van der Waals surface area contributed by atoms with Crippen molar-refractivity contribution in [3.63, 3.8) is 0 Å². The van der Waals surface area contributed by atoms with Crippen LogP contribution in [-0.4, -0.2) is 91.4 Å². The molecule has 0 aliphatic carbocycles. The Bertz CT molecular complexity index is 648. The van der Waals surface area contributed by atoms with Crippen LogP contribution in [0.2, 0.25) is 0 Å². The van der Waals surface area contributed by atoms with Gasteiger partial charge in [-0.1, -0.05) is 0 Å². The highest BCUT2D eigenvalue weighted by molar-refractivity contribution is 5.95. The van der Waals surface area contributed by atoms with E-state index in [9.17, 15) is 30.1 Å². The molecule has 5 atom stereocenters. The van der Waals surface area contributed by atoms with Gasteiger partial charge in [0.2, 0.25) is 0 Å². The van der Waals surface area contributed by atoms with Gasteiger partial charge in [0, 0.05) is 12.1 Å². The van der Waals surface area contributed by atoms with Crippen LogP contribution in [0.1, 0.15) is 33.6 Å². The van der Waals surface area contributed by atoms with Crippen molar-refractivity contribution >= 4 is 11.9 Å². The molecule has 0 saturated carbocycles. The van der Waals surface area contributed by atoms with Crippen LogP contribution in [0, 0.1) is 0 Å². The summed E-state index contributed by atoms with van der Waals surface area (Å²) in [7, 11) is 0. The first-order valence-corrected chi connectivity index (χ1v) is 8.41. The maximum atomic E-state index is 12.1. The Morgan fingerprint density at radius 1 is 0.963 bits per heavy atom. The third kappa shape index (κ3) is 5.01. The van der Waals surface area contributed by atoms with Crippen molar-refractivity contribution in [1.29, 1.82) is 0 Å². The molecular formula is C17H23NO9. The SMILES string of the molecule is O=C(O)c1ccc(C(=O)N(O)CCC[C@H]2O[C@H](CO)[C@@H](O)[C@H](O)[C@@H]2O)cc1. The first-order chi connectivity index (χ1) is 12.8. The Morgan fingerprint density at radius 2 is 1.52 bits per heavy atom. The average Bonchev–Trinajstić information content (AvgIpc) is 2.67. The molecule has 0 unspecified atom stereocenters. The number of aliphatic hydroxyl groups is 4. The zero-order valence-corrected chi connectivity index (χ0v) is 14.4. The van der Waals surface area contributed by atoms with Crippen LogP contribution in [0.15, 0.2) is 24.3 Å². The molecule has 0 spiro atoms. The summed E-state index contributed by atoms with van der Waals surface area (Å²) in [5, 5.41) is 57.7. The smallest absolute Gasteiger partial charge is 0.335 e. The molecule has 150 valence electrons. The second kappa shape index (κ2) is 9.22. The van der Waals surface area contributed by atoms with Gasteiger partial charge < -0.3 is 30.3 Å². The number of benzene rings is 1. The molecule has 2 rings (SSSR count). The van der Waals surface area contributed by atoms with E-state index < -0.39 is 49.0 Å². The summed E-state index contributed by atoms with van der Waals surface area (Å²) in [5.41, 5.74) is 0.119. The van der Waals surface area contributed by atoms with Gasteiger partial charge in [-0.05, 0) is 37.1 Å². The number of carbonyl (C=O) groups is 2. The minimum atomic E-state index is -1.47. The molecule has 1 fully saturated rings. The highest BCUT2D eigenvalue weighted by Crippen LogP contribution is 2.24. The zero-order valence-electron chi connectivity index (χ0n) is 14.4. The highest BCUT2D eigenvalue weighted by Gasteiger charge is 2.42. The number of carboxylic acid groups (broad SMARTS) is 1. The van der Waals surface area contributed by atoms with Crippen LogP contribution in [-0.2, 0) is 4.74 Å². The molecule has 1 aliphatic heterocycles. The number of hydrogen-bond acceptors (Lipinski definition) is 8. The van der Waals surface area contributed by atoms with Gasteiger partial charge in [0.25, 0.3) is 5.91 Å². The molecule has 1 heterocycles. The van der Waals surface area contributed by atoms with Crippen LogP contribution in [0.5, 0.6) is 0 Å². The van der Waals surface area contributed by atoms with Crippen molar-refractivity contribution in [3.8, 4) is 0 Å². The van der Waals surface area contributed by atoms with E-state index in [-0.39, 0.29) is 30.5 Å². The van der Waals surface area contributed by atoms with E-state index in [0.717, 1.165) is 0 Å². The van der Waals surface area contributed by atoms with E-state index in [1.54, 1.807) is 0 Å². The number of carbonyl (C=O) groups excluding carboxylic acids is 1. The number of rotatable bonds is 7. The Hall–Kier alpha value is -2.08. The number of nitrogens with zero attached hydrogens (tertiary/aromatic N) is 1. The monoisotopic (exact) mass is 385 g/mol. The first-order valence-electron chi connectivity index (χ1n) is 8.41. The quantitative estimate of drug-likeness (QED) is 0.250. The third-order valence-corrected chi connectivity index (χ3v) is 4.46. The first kappa shape index (κ1) is 21.2. The summed E-state index contributed by atoms with van der Waals surface area (Å²) < 4.78 is 5.34. The molecule has 1 saturated heterocycles. The minimum Gasteiger partial charge on any atom is -0.478 e. The Labute approximate surface area is 154 Å². The fourth-order valence-electron chi connectivity index (χ4n) is 2.87. The van der Waals surface area contributed by atoms with E-state index >= 15 is 0 Å². The van der Waals surface area contributed by atoms with Gasteiger partial charge in [-0.15, -0.1) is 0 Å². The van der Waals surface area contributed by atoms with Crippen molar-refractivity contribution in [2.24, 2.45) is 0 Å². The largest absolute Gasteiger partial charge is 0.478 e. The van der Waals surface area contributed by atoms with Crippen LogP contribution in [0.3, 0.4) is 0 Å². The number of amides is 1. The van der Waals surface area contributed by atoms with Crippen molar-refractivity contribution in [1.82, 2.24) is 5.06 Å². The molecule has 0 bridgehead atoms. The topological polar surface area (TPSA) is 168 Å². The predicted molar refractivity (Wildman–Crippen MR) is 89.2 cm³/mol. The molecule has 1 aromatic carbocycles. The van der Waals surface area contributed by atoms with E-state index in [0.29, 0.717) is 5.06 Å². The Kier molecular flexibility index (Phi) is 7.25. The Balaban J connectivity index is 1.86. The van der Waals surface area contributed by atoms with E-state index in [1.165, 1.54) is 24.3 Å². The van der Waals surface area contributed by atoms with Crippen molar-refractivity contribution < 1.29 is 45.1 Å². The van der Waals surface area contributed by atoms with Crippen LogP contribution in [0.4, 0.5) is 0 Å². The summed E-state index contributed by atoms with van der Waals surface area (Å²) >= 11 is 0. The fraction of sp³-hybridized carbons (Fsp3) is 0.529. The summed E-state index contributed by atoms with van der Waals surface area (Å²) in [4.78, 5) is 22.9. The second-order valence-corrected chi connectivity index (χ2v) is 6.32. The number of hydroxylamine groups is 2. The van der Waals surface area contributed by atoms with E-state index in [4.69, 9.17) is 14.9 Å². The lowest BCUT2D eigenvalue weighted by atomic mass is 9.93. The molecule has 0 aromatic heterocycles. The lowest BCUT2D eigenvalue weighted by Gasteiger charge is -2.40. The van der Waals surface area contributed by atoms with Gasteiger partial charge >= 0.3 is 5.97 Å². The van der Waals surface area contributed by atoms with Gasteiger partial charge in [0.15, 0.2) is 0 Å². The number of hydrogen-bond donors (Lipinski definition) is 6. The molecular weight excluding hydrogens is 362 g/mol. The van der Waals surface area contributed by atoms with Crippen LogP contribution in [0.25, 0.3) is 0 Å². The van der Waals surface area contributed by atoms with Gasteiger partial charge in [-0.3, -0.25) is 10.0 Å². The van der Waals surface area contributed by atoms with E-state index in [1.807, 2.05) is 0 Å². The summed E-state index contributed by atoms with van der Waals surface area (Å²) in [6, 6.07) is 5.06. The molecule has 6 N–H and O–H groups in total. The minimum absolute atomic E-state index is 0.0126. The number of carboxylic acids is 1. The van der Waals surface area contributed by atoms with Crippen molar-refractivity contribution in [2.75, 3.05) is 13.2 Å². The normalized spacial score (nSPS) is 28.0. The number of aliphatic hydroxyl groups excluding tert-OH is 4. The molecule has 1 amide bonds. The van der Waals surface area contributed by atoms with Gasteiger partial charge in [-0.25, -0.2) is 9.86 Å². The lowest BCUT2D eigenvalue weighted by Crippen LogP contribution is -2.58. The fourth-order valence-corrected chi connectivity index (χ4v) is 2.87. The zero-order chi connectivity index (χ0) is 20.1. The van der Waals surface area contributed by atoms with Gasteiger partial charge in [0.05, 0.1) is 18.3 Å². The van der Waals surface area contributed by atoms with E-state index in [2.05, 4.69) is 0 Å². The second-order valence-electron chi connectivity index (χ2n) is 6.32. The highest BCUT2D eigenvalue weighted by atomic mass is 16.5. The van der Waals surface area contributed by atoms with Crippen molar-refractivity contribution in [3.05, 3.63) is 35.4 Å². The molecule has 1 aromatic rings. The van der Waals surface area contributed by atoms with Crippen molar-refractivity contribution in [2.45, 2.75) is 43.4 Å². The molecule has 27 heavy (non-hydrogen) atoms. The van der Waals surface area contributed by atoms with Crippen LogP contribution < -0.4 is 0 Å². The number of ether oxygens (including phenoxy) is 1. The summed E-state index contributed by atoms with van der Waals surface area (Å²) in [6.45, 7) is -0.632. The standard InChI is InChI=1S/C17H23NO9/c19-8-12-14(21)15(22)13(20)11(27-12)2-1-7-18(26)16(23)9-3-5-10(6-4-9)17(24)25/h3-6,11-15,19-22,26H,1-2,7-8H2,(H,24,25)/t11-,12-,13-,14-,15-/m1/s1.